The van der Waals surface area contributed by atoms with Crippen LogP contribution in [-0.4, -0.2) is 0 Å². The maximum Gasteiger partial charge on any atom is 0.0434 e. The zero-order valence-electron chi connectivity index (χ0n) is 23.9. The van der Waals surface area contributed by atoms with Gasteiger partial charge in [-0.1, -0.05) is 140 Å². The van der Waals surface area contributed by atoms with Crippen molar-refractivity contribution in [3.8, 4) is 22.3 Å². The normalized spacial score (nSPS) is 11.9. The van der Waals surface area contributed by atoms with E-state index < -0.39 is 0 Å². The van der Waals surface area contributed by atoms with Crippen LogP contribution in [0.25, 0.3) is 85.5 Å². The van der Waals surface area contributed by atoms with Crippen molar-refractivity contribution in [3.63, 3.8) is 0 Å². The highest BCUT2D eigenvalue weighted by molar-refractivity contribution is 7.27. The fraction of sp³-hybridized carbons (Fsp3) is 0.0476. The van der Waals surface area contributed by atoms with Crippen LogP contribution in [0, 0.1) is 0 Å². The minimum atomic E-state index is 1.02. The van der Waals surface area contributed by atoms with Crippen molar-refractivity contribution in [1.82, 2.24) is 0 Å². The first-order valence-electron chi connectivity index (χ1n) is 15.1. The third-order valence-electron chi connectivity index (χ3n) is 9.25. The highest BCUT2D eigenvalue weighted by Crippen LogP contribution is 2.46. The first-order valence-corrected chi connectivity index (χ1v) is 15.9. The van der Waals surface area contributed by atoms with Gasteiger partial charge in [0.1, 0.15) is 0 Å². The van der Waals surface area contributed by atoms with Crippen molar-refractivity contribution >= 4 is 74.6 Å². The first-order chi connectivity index (χ1) is 21.3. The average Bonchev–Trinajstić information content (AvgIpc) is 3.47. The summed E-state index contributed by atoms with van der Waals surface area (Å²) in [5.41, 5.74) is 6.54. The fourth-order valence-corrected chi connectivity index (χ4v) is 8.56. The van der Waals surface area contributed by atoms with Crippen LogP contribution in [0.4, 0.5) is 0 Å². The molecule has 0 atom stereocenters. The molecular weight excluding hydrogens is 537 g/mol. The van der Waals surface area contributed by atoms with E-state index in [0.717, 1.165) is 6.42 Å². The number of hydrogen-bond acceptors (Lipinski definition) is 1. The second-order valence-electron chi connectivity index (χ2n) is 11.5. The molecule has 1 heteroatoms. The molecule has 0 aliphatic heterocycles. The van der Waals surface area contributed by atoms with Gasteiger partial charge in [0.15, 0.2) is 0 Å². The van der Waals surface area contributed by atoms with Crippen molar-refractivity contribution in [2.45, 2.75) is 13.3 Å². The zero-order chi connectivity index (χ0) is 28.5. The van der Waals surface area contributed by atoms with Gasteiger partial charge in [-0.15, -0.1) is 11.3 Å². The molecule has 8 aromatic carbocycles. The minimum Gasteiger partial charge on any atom is -0.134 e. The van der Waals surface area contributed by atoms with Crippen LogP contribution in [-0.2, 0) is 6.42 Å². The fourth-order valence-electron chi connectivity index (χ4n) is 7.21. The molecule has 0 spiro atoms. The third kappa shape index (κ3) is 3.62. The van der Waals surface area contributed by atoms with Gasteiger partial charge < -0.3 is 0 Å². The predicted molar refractivity (Wildman–Crippen MR) is 190 cm³/mol. The quantitative estimate of drug-likeness (QED) is 0.187. The van der Waals surface area contributed by atoms with Crippen molar-refractivity contribution in [3.05, 3.63) is 145 Å². The molecule has 0 N–H and O–H groups in total. The van der Waals surface area contributed by atoms with Gasteiger partial charge >= 0.3 is 0 Å². The Morgan fingerprint density at radius 1 is 0.395 bits per heavy atom. The van der Waals surface area contributed by atoms with E-state index in [1.807, 2.05) is 11.3 Å². The Balaban J connectivity index is 1.40. The molecule has 1 heterocycles. The predicted octanol–water partition coefficient (Wildman–Crippen LogP) is 12.6. The molecule has 0 radical (unpaired) electrons. The number of fused-ring (bicyclic) bond motifs is 11. The molecule has 43 heavy (non-hydrogen) atoms. The topological polar surface area (TPSA) is 0 Å². The number of benzene rings is 8. The van der Waals surface area contributed by atoms with E-state index in [-0.39, 0.29) is 0 Å². The lowest BCUT2D eigenvalue weighted by atomic mass is 9.90. The van der Waals surface area contributed by atoms with Crippen LogP contribution in [0.3, 0.4) is 0 Å². The van der Waals surface area contributed by atoms with Gasteiger partial charge in [0, 0.05) is 30.9 Å². The first kappa shape index (κ1) is 24.6. The van der Waals surface area contributed by atoms with Crippen molar-refractivity contribution in [1.29, 1.82) is 0 Å². The molecule has 0 bridgehead atoms. The van der Waals surface area contributed by atoms with E-state index in [0.29, 0.717) is 0 Å². The van der Waals surface area contributed by atoms with Crippen LogP contribution >= 0.6 is 11.3 Å². The van der Waals surface area contributed by atoms with Gasteiger partial charge in [-0.25, -0.2) is 0 Å². The summed E-state index contributed by atoms with van der Waals surface area (Å²) < 4.78 is 2.74. The molecule has 202 valence electrons. The van der Waals surface area contributed by atoms with E-state index in [4.69, 9.17) is 0 Å². The smallest absolute Gasteiger partial charge is 0.0434 e. The van der Waals surface area contributed by atoms with Crippen LogP contribution in [0.1, 0.15) is 12.5 Å². The number of rotatable bonds is 3. The third-order valence-corrected chi connectivity index (χ3v) is 10.5. The maximum atomic E-state index is 2.43. The van der Waals surface area contributed by atoms with Crippen LogP contribution < -0.4 is 0 Å². The SMILES string of the molecule is CCc1ccc(-c2ccccc2)c2c1ccc1c2ccc2c3ccc4c5ccccc5c(-c5ccccc5)cc4c3sc21. The Labute approximate surface area is 254 Å². The lowest BCUT2D eigenvalue weighted by Gasteiger charge is -2.14. The van der Waals surface area contributed by atoms with E-state index in [2.05, 4.69) is 146 Å². The van der Waals surface area contributed by atoms with Gasteiger partial charge in [-0.3, -0.25) is 0 Å². The minimum absolute atomic E-state index is 1.02. The molecule has 1 aromatic heterocycles. The largest absolute Gasteiger partial charge is 0.134 e. The number of thiophene rings is 1. The van der Waals surface area contributed by atoms with Crippen molar-refractivity contribution in [2.24, 2.45) is 0 Å². The van der Waals surface area contributed by atoms with Crippen LogP contribution in [0.2, 0.25) is 0 Å². The van der Waals surface area contributed by atoms with Gasteiger partial charge in [-0.05, 0) is 72.6 Å². The van der Waals surface area contributed by atoms with E-state index in [1.54, 1.807) is 0 Å². The summed E-state index contributed by atoms with van der Waals surface area (Å²) in [4.78, 5) is 0. The van der Waals surface area contributed by atoms with Crippen molar-refractivity contribution in [2.75, 3.05) is 0 Å². The summed E-state index contributed by atoms with van der Waals surface area (Å²) >= 11 is 1.95. The summed E-state index contributed by atoms with van der Waals surface area (Å²) in [5, 5.41) is 13.4. The number of aryl methyl sites for hydroxylation is 1. The molecule has 0 saturated carbocycles. The molecular formula is C42H28S. The van der Waals surface area contributed by atoms with E-state index in [1.165, 1.54) is 91.1 Å². The summed E-state index contributed by atoms with van der Waals surface area (Å²) in [7, 11) is 0. The molecule has 0 unspecified atom stereocenters. The Bertz CT molecular complexity index is 2520. The van der Waals surface area contributed by atoms with Crippen molar-refractivity contribution < 1.29 is 0 Å². The average molecular weight is 565 g/mol. The lowest BCUT2D eigenvalue weighted by Crippen LogP contribution is -1.89. The Morgan fingerprint density at radius 3 is 1.60 bits per heavy atom. The monoisotopic (exact) mass is 564 g/mol. The molecule has 0 amide bonds. The molecule has 0 aliphatic rings. The zero-order valence-corrected chi connectivity index (χ0v) is 24.7. The standard InChI is InChI=1S/C42H28S/c1-2-26-17-18-30(27-11-5-3-6-12-27)40-29(26)19-22-35-34(40)21-24-36-37-23-20-33-31-15-9-10-16-32(31)38(28-13-7-4-8-14-28)25-39(33)42(37)43-41(35)36/h3-25H,2H2,1H3. The van der Waals surface area contributed by atoms with Gasteiger partial charge in [0.25, 0.3) is 0 Å². The van der Waals surface area contributed by atoms with Gasteiger partial charge in [-0.2, -0.15) is 0 Å². The highest BCUT2D eigenvalue weighted by atomic mass is 32.1. The summed E-state index contributed by atoms with van der Waals surface area (Å²) in [6.07, 6.45) is 1.02. The summed E-state index contributed by atoms with van der Waals surface area (Å²) in [6.45, 7) is 2.26. The van der Waals surface area contributed by atoms with E-state index >= 15 is 0 Å². The van der Waals surface area contributed by atoms with Gasteiger partial charge in [0.05, 0.1) is 0 Å². The highest BCUT2D eigenvalue weighted by Gasteiger charge is 2.17. The molecule has 0 nitrogen and oxygen atoms in total. The molecule has 9 rings (SSSR count). The molecule has 0 aliphatic carbocycles. The van der Waals surface area contributed by atoms with Crippen LogP contribution in [0.15, 0.2) is 140 Å². The Kier molecular flexibility index (Phi) is 5.45. The second-order valence-corrected chi connectivity index (χ2v) is 12.5. The lowest BCUT2D eigenvalue weighted by molar-refractivity contribution is 1.16. The maximum absolute atomic E-state index is 2.43. The van der Waals surface area contributed by atoms with E-state index in [9.17, 15) is 0 Å². The molecule has 9 aromatic rings. The summed E-state index contributed by atoms with van der Waals surface area (Å²) in [6, 6.07) is 51.8. The van der Waals surface area contributed by atoms with Gasteiger partial charge in [0.2, 0.25) is 0 Å². The summed E-state index contributed by atoms with van der Waals surface area (Å²) in [5.74, 6) is 0. The Hall–Kier alpha value is -4.98. The molecule has 0 saturated heterocycles. The second kappa shape index (κ2) is 9.52. The number of hydrogen-bond donors (Lipinski definition) is 0. The van der Waals surface area contributed by atoms with Crippen LogP contribution in [0.5, 0.6) is 0 Å². The Morgan fingerprint density at radius 2 is 0.907 bits per heavy atom. The molecule has 0 fully saturated rings.